The number of aliphatic hydroxyl groups is 1. The van der Waals surface area contributed by atoms with Gasteiger partial charge in [0.2, 0.25) is 0 Å². The predicted octanol–water partition coefficient (Wildman–Crippen LogP) is 0.992. The summed E-state index contributed by atoms with van der Waals surface area (Å²) in [6, 6.07) is 0. The largest absolute Gasteiger partial charge is 0.387 e. The van der Waals surface area contributed by atoms with E-state index in [0.717, 1.165) is 32.3 Å². The highest BCUT2D eigenvalue weighted by molar-refractivity contribution is 5.29. The maximum atomic E-state index is 10.3. The quantitative estimate of drug-likeness (QED) is 0.588. The van der Waals surface area contributed by atoms with E-state index in [1.165, 1.54) is 12.8 Å². The first-order valence-electron chi connectivity index (χ1n) is 5.75. The number of epoxide rings is 2. The Balaban J connectivity index is 1.73. The van der Waals surface area contributed by atoms with Crippen LogP contribution in [0.2, 0.25) is 0 Å². The first-order valence-corrected chi connectivity index (χ1v) is 5.75. The van der Waals surface area contributed by atoms with E-state index in [2.05, 4.69) is 0 Å². The molecule has 4 fully saturated rings. The van der Waals surface area contributed by atoms with Crippen molar-refractivity contribution in [2.45, 2.75) is 61.4 Å². The van der Waals surface area contributed by atoms with Gasteiger partial charge in [-0.05, 0) is 25.7 Å². The van der Waals surface area contributed by atoms with Gasteiger partial charge in [-0.15, -0.1) is 0 Å². The minimum atomic E-state index is -0.357. The molecule has 2 saturated carbocycles. The lowest BCUT2D eigenvalue weighted by Crippen LogP contribution is -2.52. The van der Waals surface area contributed by atoms with E-state index in [-0.39, 0.29) is 22.9 Å². The van der Waals surface area contributed by atoms with Gasteiger partial charge >= 0.3 is 0 Å². The van der Waals surface area contributed by atoms with E-state index in [9.17, 15) is 5.11 Å². The molecule has 2 heterocycles. The molecular formula is C11H16O3. The Morgan fingerprint density at radius 1 is 1.07 bits per heavy atom. The van der Waals surface area contributed by atoms with Crippen LogP contribution in [-0.2, 0) is 9.47 Å². The van der Waals surface area contributed by atoms with Gasteiger partial charge in [-0.3, -0.25) is 0 Å². The molecule has 4 unspecified atom stereocenters. The van der Waals surface area contributed by atoms with Crippen molar-refractivity contribution in [1.29, 1.82) is 0 Å². The minimum absolute atomic E-state index is 0.0574. The Hall–Kier alpha value is -0.120. The zero-order valence-corrected chi connectivity index (χ0v) is 8.29. The molecule has 2 aliphatic carbocycles. The van der Waals surface area contributed by atoms with Gasteiger partial charge in [0.25, 0.3) is 0 Å². The van der Waals surface area contributed by atoms with Crippen molar-refractivity contribution in [3.8, 4) is 0 Å². The second-order valence-electron chi connectivity index (χ2n) is 5.45. The lowest BCUT2D eigenvalue weighted by molar-refractivity contribution is -0.0127. The van der Waals surface area contributed by atoms with Crippen molar-refractivity contribution in [1.82, 2.24) is 0 Å². The van der Waals surface area contributed by atoms with Gasteiger partial charge < -0.3 is 14.6 Å². The summed E-state index contributed by atoms with van der Waals surface area (Å²) in [4.78, 5) is 0. The average Bonchev–Trinajstić information content (AvgIpc) is 3.08. The molecule has 78 valence electrons. The molecule has 0 aromatic carbocycles. The monoisotopic (exact) mass is 196 g/mol. The number of hydrogen-bond donors (Lipinski definition) is 1. The zero-order valence-electron chi connectivity index (χ0n) is 8.29. The predicted molar refractivity (Wildman–Crippen MR) is 48.9 cm³/mol. The molecule has 4 aliphatic rings. The van der Waals surface area contributed by atoms with Crippen LogP contribution in [0.25, 0.3) is 0 Å². The van der Waals surface area contributed by atoms with Crippen molar-refractivity contribution < 1.29 is 14.6 Å². The van der Waals surface area contributed by atoms with Crippen molar-refractivity contribution in [3.63, 3.8) is 0 Å². The van der Waals surface area contributed by atoms with E-state index in [1.54, 1.807) is 0 Å². The molecule has 2 aliphatic heterocycles. The van der Waals surface area contributed by atoms with Gasteiger partial charge in [0, 0.05) is 0 Å². The molecule has 14 heavy (non-hydrogen) atoms. The fourth-order valence-corrected chi connectivity index (χ4v) is 3.86. The van der Waals surface area contributed by atoms with E-state index in [1.807, 2.05) is 0 Å². The molecule has 0 aromatic heterocycles. The van der Waals surface area contributed by atoms with E-state index in [0.29, 0.717) is 0 Å². The average molecular weight is 196 g/mol. The number of ether oxygens (including phenoxy) is 2. The third kappa shape index (κ3) is 0.668. The normalized spacial score (nSPS) is 64.5. The SMILES string of the molecule is OC1C2(CCC34CCCCC13O4)CO2. The van der Waals surface area contributed by atoms with Crippen LogP contribution < -0.4 is 0 Å². The summed E-state index contributed by atoms with van der Waals surface area (Å²) < 4.78 is 11.4. The minimum Gasteiger partial charge on any atom is -0.387 e. The number of aliphatic hydroxyl groups excluding tert-OH is 1. The molecule has 0 amide bonds. The Morgan fingerprint density at radius 3 is 2.64 bits per heavy atom. The van der Waals surface area contributed by atoms with Crippen LogP contribution >= 0.6 is 0 Å². The van der Waals surface area contributed by atoms with Crippen LogP contribution in [0.1, 0.15) is 38.5 Å². The smallest absolute Gasteiger partial charge is 0.127 e. The van der Waals surface area contributed by atoms with Gasteiger partial charge in [0.1, 0.15) is 22.9 Å². The summed E-state index contributed by atoms with van der Waals surface area (Å²) in [5, 5.41) is 10.3. The molecule has 4 atom stereocenters. The highest BCUT2D eigenvalue weighted by Crippen LogP contribution is 2.68. The first-order chi connectivity index (χ1) is 6.73. The van der Waals surface area contributed by atoms with Gasteiger partial charge in [-0.25, -0.2) is 0 Å². The lowest BCUT2D eigenvalue weighted by atomic mass is 9.66. The standard InChI is InChI=1S/C11H16O3/c12-8-9(7-13-9)5-6-10-3-1-2-4-11(8,10)14-10/h8,12H,1-7H2. The second kappa shape index (κ2) is 2.04. The summed E-state index contributed by atoms with van der Waals surface area (Å²) >= 11 is 0. The van der Waals surface area contributed by atoms with E-state index < -0.39 is 0 Å². The van der Waals surface area contributed by atoms with Crippen molar-refractivity contribution in [2.75, 3.05) is 6.61 Å². The molecule has 0 aromatic rings. The summed E-state index contributed by atoms with van der Waals surface area (Å²) in [6.07, 6.45) is 6.40. The van der Waals surface area contributed by atoms with E-state index in [4.69, 9.17) is 9.47 Å². The first kappa shape index (κ1) is 8.08. The van der Waals surface area contributed by atoms with Crippen LogP contribution in [0, 0.1) is 0 Å². The maximum Gasteiger partial charge on any atom is 0.127 e. The maximum absolute atomic E-state index is 10.3. The van der Waals surface area contributed by atoms with Gasteiger partial charge in [0.15, 0.2) is 0 Å². The van der Waals surface area contributed by atoms with Crippen LogP contribution in [0.4, 0.5) is 0 Å². The highest BCUT2D eigenvalue weighted by Gasteiger charge is 2.81. The second-order valence-corrected chi connectivity index (χ2v) is 5.45. The molecule has 1 spiro atoms. The number of rotatable bonds is 0. The molecular weight excluding hydrogens is 180 g/mol. The number of hydrogen-bond acceptors (Lipinski definition) is 3. The van der Waals surface area contributed by atoms with Crippen LogP contribution in [0.15, 0.2) is 0 Å². The molecule has 0 bridgehead atoms. The van der Waals surface area contributed by atoms with Gasteiger partial charge in [-0.1, -0.05) is 12.8 Å². The Bertz CT molecular complexity index is 295. The zero-order chi connectivity index (χ0) is 9.44. The molecule has 4 rings (SSSR count). The Labute approximate surface area is 83.4 Å². The van der Waals surface area contributed by atoms with Crippen molar-refractivity contribution in [2.24, 2.45) is 0 Å². The van der Waals surface area contributed by atoms with E-state index >= 15 is 0 Å². The summed E-state index contributed by atoms with van der Waals surface area (Å²) in [5.41, 5.74) is -0.334. The molecule has 0 radical (unpaired) electrons. The molecule has 3 heteroatoms. The van der Waals surface area contributed by atoms with Crippen molar-refractivity contribution >= 4 is 0 Å². The van der Waals surface area contributed by atoms with Crippen LogP contribution in [0.3, 0.4) is 0 Å². The third-order valence-electron chi connectivity index (χ3n) is 4.89. The van der Waals surface area contributed by atoms with Gasteiger partial charge in [-0.2, -0.15) is 0 Å². The molecule has 3 nitrogen and oxygen atoms in total. The van der Waals surface area contributed by atoms with Gasteiger partial charge in [0.05, 0.1) is 6.61 Å². The third-order valence-corrected chi connectivity index (χ3v) is 4.89. The fourth-order valence-electron chi connectivity index (χ4n) is 3.86. The van der Waals surface area contributed by atoms with Crippen LogP contribution in [0.5, 0.6) is 0 Å². The highest BCUT2D eigenvalue weighted by atomic mass is 16.7. The van der Waals surface area contributed by atoms with Crippen molar-refractivity contribution in [3.05, 3.63) is 0 Å². The topological polar surface area (TPSA) is 45.3 Å². The summed E-state index contributed by atoms with van der Waals surface area (Å²) in [6.45, 7) is 0.745. The molecule has 2 saturated heterocycles. The summed E-state index contributed by atoms with van der Waals surface area (Å²) in [7, 11) is 0. The fraction of sp³-hybridized carbons (Fsp3) is 1.00. The Morgan fingerprint density at radius 2 is 1.86 bits per heavy atom. The van der Waals surface area contributed by atoms with Crippen LogP contribution in [-0.4, -0.2) is 34.6 Å². The summed E-state index contributed by atoms with van der Waals surface area (Å²) in [5.74, 6) is 0. The Kier molecular flexibility index (Phi) is 1.18. The lowest BCUT2D eigenvalue weighted by Gasteiger charge is -2.36. The molecule has 1 N–H and O–H groups in total.